The molecule has 0 saturated carbocycles. The summed E-state index contributed by atoms with van der Waals surface area (Å²) in [5, 5.41) is 0. The third-order valence-corrected chi connectivity index (χ3v) is 6.09. The number of hydrogen-bond acceptors (Lipinski definition) is 4. The minimum atomic E-state index is -3.31. The van der Waals surface area contributed by atoms with Crippen LogP contribution >= 0.6 is 0 Å². The minimum Gasteiger partial charge on any atom is -0.304 e. The van der Waals surface area contributed by atoms with Crippen LogP contribution < -0.4 is 4.72 Å². The Balaban J connectivity index is 1.93. The number of aryl methyl sites for hydroxylation is 1. The molecule has 1 aliphatic rings. The summed E-state index contributed by atoms with van der Waals surface area (Å²) in [4.78, 5) is 4.73. The van der Waals surface area contributed by atoms with Crippen molar-refractivity contribution in [1.29, 1.82) is 0 Å². The molecule has 1 aromatic rings. The van der Waals surface area contributed by atoms with Gasteiger partial charge >= 0.3 is 0 Å². The lowest BCUT2D eigenvalue weighted by molar-refractivity contribution is 0.0905. The van der Waals surface area contributed by atoms with Gasteiger partial charge < -0.3 is 4.90 Å². The van der Waals surface area contributed by atoms with Crippen LogP contribution in [0.4, 0.5) is 0 Å². The average Bonchev–Trinajstić information content (AvgIpc) is 2.51. The molecule has 0 aliphatic carbocycles. The molecule has 0 bridgehead atoms. The van der Waals surface area contributed by atoms with E-state index in [9.17, 15) is 8.42 Å². The lowest BCUT2D eigenvalue weighted by Crippen LogP contribution is -2.54. The molecule has 1 unspecified atom stereocenters. The molecular formula is C18H31N3O2S. The van der Waals surface area contributed by atoms with E-state index in [1.807, 2.05) is 31.2 Å². The number of nitrogens with zero attached hydrogens (tertiary/aromatic N) is 2. The first-order valence-electron chi connectivity index (χ1n) is 8.72. The maximum atomic E-state index is 12.4. The zero-order chi connectivity index (χ0) is 17.7. The van der Waals surface area contributed by atoms with Crippen molar-refractivity contribution >= 4 is 10.0 Å². The Labute approximate surface area is 147 Å². The Morgan fingerprint density at radius 1 is 1.08 bits per heavy atom. The van der Waals surface area contributed by atoms with Gasteiger partial charge in [0.25, 0.3) is 0 Å². The zero-order valence-corrected chi connectivity index (χ0v) is 16.1. The van der Waals surface area contributed by atoms with Gasteiger partial charge in [0.15, 0.2) is 0 Å². The van der Waals surface area contributed by atoms with E-state index in [1.165, 1.54) is 0 Å². The average molecular weight is 354 g/mol. The normalized spacial score (nSPS) is 18.9. The first kappa shape index (κ1) is 19.4. The topological polar surface area (TPSA) is 52.7 Å². The van der Waals surface area contributed by atoms with E-state index in [2.05, 4.69) is 35.4 Å². The summed E-state index contributed by atoms with van der Waals surface area (Å²) in [6, 6.07) is 7.91. The zero-order valence-electron chi connectivity index (χ0n) is 15.3. The molecular weight excluding hydrogens is 322 g/mol. The highest BCUT2D eigenvalue weighted by Crippen LogP contribution is 2.14. The second-order valence-corrected chi connectivity index (χ2v) is 9.05. The second kappa shape index (κ2) is 8.43. The highest BCUT2D eigenvalue weighted by Gasteiger charge is 2.26. The first-order chi connectivity index (χ1) is 11.3. The molecule has 2 rings (SSSR count). The predicted molar refractivity (Wildman–Crippen MR) is 99.5 cm³/mol. The Kier molecular flexibility index (Phi) is 6.80. The van der Waals surface area contributed by atoms with Gasteiger partial charge in [-0.15, -0.1) is 0 Å². The van der Waals surface area contributed by atoms with Gasteiger partial charge in [0.1, 0.15) is 0 Å². The van der Waals surface area contributed by atoms with Crippen LogP contribution in [0, 0.1) is 12.8 Å². The molecule has 0 aromatic heterocycles. The fraction of sp³-hybridized carbons (Fsp3) is 0.667. The fourth-order valence-electron chi connectivity index (χ4n) is 3.11. The van der Waals surface area contributed by atoms with Gasteiger partial charge in [-0.05, 0) is 25.5 Å². The summed E-state index contributed by atoms with van der Waals surface area (Å²) >= 11 is 0. The van der Waals surface area contributed by atoms with Crippen LogP contribution in [-0.4, -0.2) is 64.0 Å². The molecule has 0 amide bonds. The van der Waals surface area contributed by atoms with E-state index < -0.39 is 10.0 Å². The Morgan fingerprint density at radius 3 is 2.21 bits per heavy atom. The van der Waals surface area contributed by atoms with Crippen molar-refractivity contribution < 1.29 is 8.42 Å². The maximum Gasteiger partial charge on any atom is 0.215 e. The van der Waals surface area contributed by atoms with Gasteiger partial charge in [-0.25, -0.2) is 13.1 Å². The van der Waals surface area contributed by atoms with Crippen LogP contribution in [0.1, 0.15) is 25.0 Å². The summed E-state index contributed by atoms with van der Waals surface area (Å²) in [5.74, 6) is 0.455. The van der Waals surface area contributed by atoms with Crippen molar-refractivity contribution in [3.63, 3.8) is 0 Å². The molecule has 1 atom stereocenters. The van der Waals surface area contributed by atoms with Gasteiger partial charge in [-0.3, -0.25) is 4.90 Å². The summed E-state index contributed by atoms with van der Waals surface area (Å²) in [5.41, 5.74) is 1.97. The largest absolute Gasteiger partial charge is 0.304 e. The molecule has 0 radical (unpaired) electrons. The van der Waals surface area contributed by atoms with E-state index >= 15 is 0 Å². The third-order valence-electron chi connectivity index (χ3n) is 4.77. The quantitative estimate of drug-likeness (QED) is 0.810. The maximum absolute atomic E-state index is 12.4. The van der Waals surface area contributed by atoms with Gasteiger partial charge in [0.05, 0.1) is 5.75 Å². The second-order valence-electron chi connectivity index (χ2n) is 7.24. The van der Waals surface area contributed by atoms with Crippen LogP contribution in [0.15, 0.2) is 24.3 Å². The van der Waals surface area contributed by atoms with E-state index in [0.717, 1.165) is 37.3 Å². The molecule has 1 heterocycles. The van der Waals surface area contributed by atoms with Crippen molar-refractivity contribution in [1.82, 2.24) is 14.5 Å². The molecule has 24 heavy (non-hydrogen) atoms. The molecule has 0 spiro atoms. The number of likely N-dealkylation sites (N-methyl/N-ethyl adjacent to an activating group) is 1. The van der Waals surface area contributed by atoms with Crippen molar-refractivity contribution in [2.24, 2.45) is 5.92 Å². The van der Waals surface area contributed by atoms with Crippen LogP contribution in [0.5, 0.6) is 0 Å². The van der Waals surface area contributed by atoms with Crippen molar-refractivity contribution in [2.45, 2.75) is 32.6 Å². The van der Waals surface area contributed by atoms with Gasteiger partial charge in [0, 0.05) is 38.8 Å². The SMILES string of the molecule is Cc1ccc(CS(=O)(=O)NCC(C(C)C)N2CCN(C)CC2)cc1. The monoisotopic (exact) mass is 353 g/mol. The molecule has 1 N–H and O–H groups in total. The summed E-state index contributed by atoms with van der Waals surface area (Å²) in [7, 11) is -1.18. The van der Waals surface area contributed by atoms with E-state index in [4.69, 9.17) is 0 Å². The lowest BCUT2D eigenvalue weighted by Gasteiger charge is -2.39. The Bertz CT molecular complexity index is 606. The highest BCUT2D eigenvalue weighted by atomic mass is 32.2. The van der Waals surface area contributed by atoms with E-state index in [1.54, 1.807) is 0 Å². The Hall–Kier alpha value is -0.950. The molecule has 6 heteroatoms. The number of rotatable bonds is 7. The summed E-state index contributed by atoms with van der Waals surface area (Å²) in [6.45, 7) is 10.9. The van der Waals surface area contributed by atoms with E-state index in [0.29, 0.717) is 12.5 Å². The molecule has 136 valence electrons. The predicted octanol–water partition coefficient (Wildman–Crippen LogP) is 1.69. The Morgan fingerprint density at radius 2 is 1.67 bits per heavy atom. The van der Waals surface area contributed by atoms with Crippen molar-refractivity contribution in [3.8, 4) is 0 Å². The number of piperazine rings is 1. The summed E-state index contributed by atoms with van der Waals surface area (Å²) in [6.07, 6.45) is 0. The van der Waals surface area contributed by atoms with Gasteiger partial charge in [0.2, 0.25) is 10.0 Å². The molecule has 1 fully saturated rings. The standard InChI is InChI=1S/C18H31N3O2S/c1-15(2)18(21-11-9-20(4)10-12-21)13-19-24(22,23)14-17-7-5-16(3)6-8-17/h5-8,15,18-19H,9-14H2,1-4H3. The van der Waals surface area contributed by atoms with Crippen LogP contribution in [-0.2, 0) is 15.8 Å². The van der Waals surface area contributed by atoms with Crippen LogP contribution in [0.3, 0.4) is 0 Å². The summed E-state index contributed by atoms with van der Waals surface area (Å²) < 4.78 is 27.6. The third kappa shape index (κ3) is 5.84. The number of hydrogen-bond donors (Lipinski definition) is 1. The molecule has 1 aromatic carbocycles. The fourth-order valence-corrected chi connectivity index (χ4v) is 4.27. The van der Waals surface area contributed by atoms with E-state index in [-0.39, 0.29) is 11.8 Å². The van der Waals surface area contributed by atoms with Gasteiger partial charge in [-0.1, -0.05) is 43.7 Å². The molecule has 5 nitrogen and oxygen atoms in total. The first-order valence-corrected chi connectivity index (χ1v) is 10.4. The number of nitrogens with one attached hydrogen (secondary N) is 1. The minimum absolute atomic E-state index is 0.0425. The van der Waals surface area contributed by atoms with Crippen LogP contribution in [0.2, 0.25) is 0 Å². The van der Waals surface area contributed by atoms with Crippen molar-refractivity contribution in [2.75, 3.05) is 39.8 Å². The highest BCUT2D eigenvalue weighted by molar-refractivity contribution is 7.88. The number of benzene rings is 1. The van der Waals surface area contributed by atoms with Crippen molar-refractivity contribution in [3.05, 3.63) is 35.4 Å². The van der Waals surface area contributed by atoms with Crippen LogP contribution in [0.25, 0.3) is 0 Å². The smallest absolute Gasteiger partial charge is 0.215 e. The molecule has 1 aliphatic heterocycles. The van der Waals surface area contributed by atoms with Gasteiger partial charge in [-0.2, -0.15) is 0 Å². The number of sulfonamides is 1. The lowest BCUT2D eigenvalue weighted by atomic mass is 10.0. The molecule has 1 saturated heterocycles.